The third kappa shape index (κ3) is 2.27. The molecule has 3 N–H and O–H groups in total. The van der Waals surface area contributed by atoms with E-state index >= 15 is 0 Å². The summed E-state index contributed by atoms with van der Waals surface area (Å²) in [5.74, 6) is -1.41. The Labute approximate surface area is 105 Å². The summed E-state index contributed by atoms with van der Waals surface area (Å²) >= 11 is 0. The molecule has 18 heavy (non-hydrogen) atoms. The van der Waals surface area contributed by atoms with Gasteiger partial charge in [0.05, 0.1) is 5.69 Å². The molecule has 0 bridgehead atoms. The van der Waals surface area contributed by atoms with E-state index < -0.39 is 5.97 Å². The van der Waals surface area contributed by atoms with Crippen molar-refractivity contribution in [1.82, 2.24) is 0 Å². The van der Waals surface area contributed by atoms with Crippen LogP contribution >= 0.6 is 0 Å². The smallest absolute Gasteiger partial charge is 0.341 e. The van der Waals surface area contributed by atoms with Crippen LogP contribution in [-0.2, 0) is 0 Å². The predicted octanol–water partition coefficient (Wildman–Crippen LogP) is 3.14. The van der Waals surface area contributed by atoms with Crippen molar-refractivity contribution in [3.05, 3.63) is 53.6 Å². The van der Waals surface area contributed by atoms with Crippen LogP contribution in [0, 0.1) is 6.92 Å². The molecule has 0 aliphatic rings. The summed E-state index contributed by atoms with van der Waals surface area (Å²) < 4.78 is 0. The summed E-state index contributed by atoms with van der Waals surface area (Å²) in [6.07, 6.45) is 0. The molecule has 0 spiro atoms. The molecule has 0 atom stereocenters. The lowest BCUT2D eigenvalue weighted by atomic mass is 10.1. The van der Waals surface area contributed by atoms with Gasteiger partial charge in [-0.15, -0.1) is 0 Å². The summed E-state index contributed by atoms with van der Waals surface area (Å²) in [5.41, 5.74) is 2.06. The van der Waals surface area contributed by atoms with Crippen LogP contribution in [-0.4, -0.2) is 16.2 Å². The quantitative estimate of drug-likeness (QED) is 0.774. The standard InChI is InChI=1S/C14H13NO3/c1-9-5-2-3-6-10(9)15-11-7-4-8-12(16)13(11)14(17)18/h2-8,15-16H,1H3,(H,17,18). The van der Waals surface area contributed by atoms with E-state index in [9.17, 15) is 9.90 Å². The maximum absolute atomic E-state index is 11.1. The van der Waals surface area contributed by atoms with Crippen molar-refractivity contribution in [2.24, 2.45) is 0 Å². The number of rotatable bonds is 3. The molecule has 0 amide bonds. The highest BCUT2D eigenvalue weighted by Crippen LogP contribution is 2.29. The molecule has 0 aliphatic heterocycles. The van der Waals surface area contributed by atoms with E-state index in [1.807, 2.05) is 31.2 Å². The number of hydrogen-bond acceptors (Lipinski definition) is 3. The molecular weight excluding hydrogens is 230 g/mol. The number of hydrogen-bond donors (Lipinski definition) is 3. The minimum atomic E-state index is -1.16. The van der Waals surface area contributed by atoms with Crippen LogP contribution in [0.4, 0.5) is 11.4 Å². The Morgan fingerprint density at radius 1 is 1.06 bits per heavy atom. The second-order valence-corrected chi connectivity index (χ2v) is 3.94. The first-order chi connectivity index (χ1) is 8.59. The third-order valence-corrected chi connectivity index (χ3v) is 2.67. The van der Waals surface area contributed by atoms with E-state index in [-0.39, 0.29) is 11.3 Å². The van der Waals surface area contributed by atoms with Crippen molar-refractivity contribution in [2.45, 2.75) is 6.92 Å². The van der Waals surface area contributed by atoms with E-state index in [2.05, 4.69) is 5.32 Å². The highest BCUT2D eigenvalue weighted by atomic mass is 16.4. The Hall–Kier alpha value is -2.49. The number of carbonyl (C=O) groups is 1. The SMILES string of the molecule is Cc1ccccc1Nc1cccc(O)c1C(=O)O. The van der Waals surface area contributed by atoms with Gasteiger partial charge in [-0.2, -0.15) is 0 Å². The summed E-state index contributed by atoms with van der Waals surface area (Å²) in [7, 11) is 0. The summed E-state index contributed by atoms with van der Waals surface area (Å²) in [6, 6.07) is 12.1. The van der Waals surface area contributed by atoms with Gasteiger partial charge in [0, 0.05) is 5.69 Å². The number of benzene rings is 2. The zero-order valence-electron chi connectivity index (χ0n) is 9.84. The summed E-state index contributed by atoms with van der Waals surface area (Å²) in [5, 5.41) is 21.7. The lowest BCUT2D eigenvalue weighted by Gasteiger charge is -2.12. The molecule has 0 saturated heterocycles. The number of carboxylic acids is 1. The van der Waals surface area contributed by atoms with Crippen molar-refractivity contribution in [3.63, 3.8) is 0 Å². The average Bonchev–Trinajstić information content (AvgIpc) is 2.31. The molecular formula is C14H13NO3. The Morgan fingerprint density at radius 3 is 2.39 bits per heavy atom. The molecule has 0 fully saturated rings. The second-order valence-electron chi connectivity index (χ2n) is 3.94. The lowest BCUT2D eigenvalue weighted by molar-refractivity contribution is 0.0695. The van der Waals surface area contributed by atoms with Gasteiger partial charge >= 0.3 is 5.97 Å². The molecule has 2 rings (SSSR count). The molecule has 0 aliphatic carbocycles. The number of aryl methyl sites for hydroxylation is 1. The van der Waals surface area contributed by atoms with Gasteiger partial charge < -0.3 is 15.5 Å². The Balaban J connectivity index is 2.44. The number of nitrogens with one attached hydrogen (secondary N) is 1. The third-order valence-electron chi connectivity index (χ3n) is 2.67. The molecule has 4 heteroatoms. The molecule has 2 aromatic carbocycles. The van der Waals surface area contributed by atoms with Crippen LogP contribution in [0.1, 0.15) is 15.9 Å². The fraction of sp³-hybridized carbons (Fsp3) is 0.0714. The van der Waals surface area contributed by atoms with E-state index in [1.54, 1.807) is 12.1 Å². The normalized spacial score (nSPS) is 10.1. The molecule has 0 heterocycles. The van der Waals surface area contributed by atoms with Crippen molar-refractivity contribution in [1.29, 1.82) is 0 Å². The highest BCUT2D eigenvalue weighted by Gasteiger charge is 2.15. The average molecular weight is 243 g/mol. The van der Waals surface area contributed by atoms with Gasteiger partial charge in [-0.1, -0.05) is 24.3 Å². The first kappa shape index (κ1) is 12.0. The van der Waals surface area contributed by atoms with E-state index in [4.69, 9.17) is 5.11 Å². The van der Waals surface area contributed by atoms with Crippen molar-refractivity contribution < 1.29 is 15.0 Å². The van der Waals surface area contributed by atoms with Crippen molar-refractivity contribution in [2.75, 3.05) is 5.32 Å². The maximum atomic E-state index is 11.1. The largest absolute Gasteiger partial charge is 0.507 e. The Kier molecular flexibility index (Phi) is 3.19. The first-order valence-electron chi connectivity index (χ1n) is 5.47. The minimum absolute atomic E-state index is 0.124. The van der Waals surface area contributed by atoms with Gasteiger partial charge in [0.25, 0.3) is 0 Å². The van der Waals surface area contributed by atoms with Crippen LogP contribution in [0.3, 0.4) is 0 Å². The Morgan fingerprint density at radius 2 is 1.72 bits per heavy atom. The molecule has 0 unspecified atom stereocenters. The van der Waals surface area contributed by atoms with Crippen LogP contribution in [0.5, 0.6) is 5.75 Å². The van der Waals surface area contributed by atoms with Crippen LogP contribution < -0.4 is 5.32 Å². The number of aromatic hydroxyl groups is 1. The first-order valence-corrected chi connectivity index (χ1v) is 5.47. The second kappa shape index (κ2) is 4.79. The van der Waals surface area contributed by atoms with Gasteiger partial charge in [-0.3, -0.25) is 0 Å². The maximum Gasteiger partial charge on any atom is 0.341 e. The van der Waals surface area contributed by atoms with Gasteiger partial charge in [-0.25, -0.2) is 4.79 Å². The topological polar surface area (TPSA) is 69.6 Å². The number of phenols is 1. The zero-order chi connectivity index (χ0) is 13.1. The van der Waals surface area contributed by atoms with Gasteiger partial charge in [0.15, 0.2) is 0 Å². The van der Waals surface area contributed by atoms with E-state index in [1.165, 1.54) is 6.07 Å². The van der Waals surface area contributed by atoms with Crippen LogP contribution in [0.25, 0.3) is 0 Å². The molecule has 2 aromatic rings. The predicted molar refractivity (Wildman–Crippen MR) is 69.5 cm³/mol. The van der Waals surface area contributed by atoms with Gasteiger partial charge in [0.2, 0.25) is 0 Å². The number of anilines is 2. The van der Waals surface area contributed by atoms with Crippen LogP contribution in [0.15, 0.2) is 42.5 Å². The molecule has 92 valence electrons. The molecule has 0 aromatic heterocycles. The van der Waals surface area contributed by atoms with Crippen LogP contribution in [0.2, 0.25) is 0 Å². The highest BCUT2D eigenvalue weighted by molar-refractivity contribution is 5.98. The van der Waals surface area contributed by atoms with Crippen molar-refractivity contribution >= 4 is 17.3 Å². The number of para-hydroxylation sites is 1. The number of carboxylic acid groups (broad SMARTS) is 1. The molecule has 0 saturated carbocycles. The summed E-state index contributed by atoms with van der Waals surface area (Å²) in [4.78, 5) is 11.1. The van der Waals surface area contributed by atoms with Gasteiger partial charge in [-0.05, 0) is 30.7 Å². The minimum Gasteiger partial charge on any atom is -0.507 e. The Bertz CT molecular complexity index is 593. The number of aromatic carboxylic acids is 1. The fourth-order valence-electron chi connectivity index (χ4n) is 1.73. The van der Waals surface area contributed by atoms with E-state index in [0.29, 0.717) is 5.69 Å². The lowest BCUT2D eigenvalue weighted by Crippen LogP contribution is -2.03. The summed E-state index contributed by atoms with van der Waals surface area (Å²) in [6.45, 7) is 1.92. The fourth-order valence-corrected chi connectivity index (χ4v) is 1.73. The van der Waals surface area contributed by atoms with Crippen molar-refractivity contribution in [3.8, 4) is 5.75 Å². The zero-order valence-corrected chi connectivity index (χ0v) is 9.84. The van der Waals surface area contributed by atoms with Gasteiger partial charge in [0.1, 0.15) is 11.3 Å². The molecule has 4 nitrogen and oxygen atoms in total. The van der Waals surface area contributed by atoms with E-state index in [0.717, 1.165) is 11.3 Å². The monoisotopic (exact) mass is 243 g/mol. The molecule has 0 radical (unpaired) electrons.